The van der Waals surface area contributed by atoms with Crippen LogP contribution in [0.25, 0.3) is 22.4 Å². The summed E-state index contributed by atoms with van der Waals surface area (Å²) in [6, 6.07) is 15.9. The summed E-state index contributed by atoms with van der Waals surface area (Å²) in [5.41, 5.74) is 2.56. The lowest BCUT2D eigenvalue weighted by atomic mass is 10.2. The molecule has 1 N–H and O–H groups in total. The summed E-state index contributed by atoms with van der Waals surface area (Å²) < 4.78 is 15.2. The Morgan fingerprint density at radius 1 is 1.18 bits per heavy atom. The Morgan fingerprint density at radius 3 is 2.86 bits per heavy atom. The third-order valence-electron chi connectivity index (χ3n) is 4.14. The predicted octanol–water partition coefficient (Wildman–Crippen LogP) is 3.97. The monoisotopic (exact) mass is 392 g/mol. The van der Waals surface area contributed by atoms with Crippen molar-refractivity contribution in [3.8, 4) is 11.4 Å². The number of halogens is 1. The van der Waals surface area contributed by atoms with Gasteiger partial charge >= 0.3 is 0 Å². The van der Waals surface area contributed by atoms with Crippen LogP contribution in [-0.2, 0) is 11.2 Å². The van der Waals surface area contributed by atoms with Gasteiger partial charge in [-0.1, -0.05) is 42.5 Å². The van der Waals surface area contributed by atoms with Gasteiger partial charge in [-0.15, -0.1) is 16.4 Å². The van der Waals surface area contributed by atoms with Crippen LogP contribution < -0.4 is 5.32 Å². The molecule has 0 bridgehead atoms. The number of fused-ring (bicyclic) bond motifs is 1. The highest BCUT2D eigenvalue weighted by molar-refractivity contribution is 7.15. The number of nitrogens with one attached hydrogen (secondary N) is 1. The van der Waals surface area contributed by atoms with E-state index >= 15 is 0 Å². The largest absolute Gasteiger partial charge is 0.352 e. The van der Waals surface area contributed by atoms with Gasteiger partial charge in [0.05, 0.1) is 5.69 Å². The van der Waals surface area contributed by atoms with Gasteiger partial charge in [-0.05, 0) is 23.8 Å². The molecule has 1 amide bonds. The van der Waals surface area contributed by atoms with Crippen LogP contribution in [0.5, 0.6) is 0 Å². The zero-order valence-electron chi connectivity index (χ0n) is 14.9. The van der Waals surface area contributed by atoms with E-state index in [-0.39, 0.29) is 11.7 Å². The van der Waals surface area contributed by atoms with Crippen LogP contribution in [0, 0.1) is 5.82 Å². The number of rotatable bonds is 6. The number of benzene rings is 2. The molecule has 2 aromatic carbocycles. The first-order valence-electron chi connectivity index (χ1n) is 8.79. The second-order valence-corrected chi connectivity index (χ2v) is 6.99. The van der Waals surface area contributed by atoms with Crippen LogP contribution in [0.1, 0.15) is 11.3 Å². The van der Waals surface area contributed by atoms with Crippen molar-refractivity contribution >= 4 is 28.3 Å². The van der Waals surface area contributed by atoms with Gasteiger partial charge in [-0.3, -0.25) is 4.79 Å². The molecule has 140 valence electrons. The fraction of sp³-hybridized carbons (Fsp3) is 0.0952. The second kappa shape index (κ2) is 8.14. The third kappa shape index (κ3) is 4.15. The molecule has 7 heteroatoms. The SMILES string of the molecule is O=C(C=Cc1ccccc1)NCCc1csc2nc(-c3cccc(F)c3)nn12. The number of nitrogens with zero attached hydrogens (tertiary/aromatic N) is 3. The van der Waals surface area contributed by atoms with Crippen molar-refractivity contribution in [2.45, 2.75) is 6.42 Å². The highest BCUT2D eigenvalue weighted by Gasteiger charge is 2.12. The summed E-state index contributed by atoms with van der Waals surface area (Å²) in [7, 11) is 0. The van der Waals surface area contributed by atoms with Gasteiger partial charge in [0.1, 0.15) is 5.82 Å². The third-order valence-corrected chi connectivity index (χ3v) is 5.00. The standard InChI is InChI=1S/C21H17FN4OS/c22-17-8-4-7-16(13-17)20-24-21-26(25-20)18(14-28-21)11-12-23-19(27)10-9-15-5-2-1-3-6-15/h1-10,13-14H,11-12H2,(H,23,27). The number of carbonyl (C=O) groups excluding carboxylic acids is 1. The highest BCUT2D eigenvalue weighted by Crippen LogP contribution is 2.21. The molecule has 0 unspecified atom stereocenters. The zero-order valence-corrected chi connectivity index (χ0v) is 15.7. The van der Waals surface area contributed by atoms with Gasteiger partial charge in [-0.25, -0.2) is 8.91 Å². The van der Waals surface area contributed by atoms with Crippen molar-refractivity contribution in [2.75, 3.05) is 6.54 Å². The van der Waals surface area contributed by atoms with Crippen molar-refractivity contribution in [3.63, 3.8) is 0 Å². The fourth-order valence-electron chi connectivity index (χ4n) is 2.76. The first-order valence-corrected chi connectivity index (χ1v) is 9.67. The highest BCUT2D eigenvalue weighted by atomic mass is 32.1. The van der Waals surface area contributed by atoms with Crippen LogP contribution in [0.2, 0.25) is 0 Å². The van der Waals surface area contributed by atoms with Gasteiger partial charge in [-0.2, -0.15) is 4.98 Å². The Kier molecular flexibility index (Phi) is 5.25. The Bertz CT molecular complexity index is 1130. The number of hydrogen-bond donors (Lipinski definition) is 1. The number of thiazole rings is 1. The lowest BCUT2D eigenvalue weighted by Gasteiger charge is -2.01. The van der Waals surface area contributed by atoms with Crippen LogP contribution in [0.3, 0.4) is 0 Å². The molecule has 5 nitrogen and oxygen atoms in total. The van der Waals surface area contributed by atoms with Crippen LogP contribution in [0.15, 0.2) is 66.1 Å². The molecule has 2 heterocycles. The smallest absolute Gasteiger partial charge is 0.244 e. The quantitative estimate of drug-likeness (QED) is 0.505. The lowest BCUT2D eigenvalue weighted by Crippen LogP contribution is -2.23. The first-order chi connectivity index (χ1) is 13.7. The number of hydrogen-bond acceptors (Lipinski definition) is 4. The van der Waals surface area contributed by atoms with Crippen molar-refractivity contribution in [1.82, 2.24) is 19.9 Å². The molecule has 0 saturated carbocycles. The lowest BCUT2D eigenvalue weighted by molar-refractivity contribution is -0.116. The summed E-state index contributed by atoms with van der Waals surface area (Å²) in [5, 5.41) is 9.32. The molecule has 0 saturated heterocycles. The van der Waals surface area contributed by atoms with Crippen LogP contribution in [0.4, 0.5) is 4.39 Å². The zero-order chi connectivity index (χ0) is 19.3. The van der Waals surface area contributed by atoms with Crippen molar-refractivity contribution in [1.29, 1.82) is 0 Å². The topological polar surface area (TPSA) is 59.3 Å². The van der Waals surface area contributed by atoms with Crippen molar-refractivity contribution in [3.05, 3.63) is 83.1 Å². The molecule has 4 rings (SSSR count). The Morgan fingerprint density at radius 2 is 2.04 bits per heavy atom. The molecular formula is C21H17FN4OS. The second-order valence-electron chi connectivity index (χ2n) is 6.15. The maximum Gasteiger partial charge on any atom is 0.244 e. The molecule has 0 fully saturated rings. The van der Waals surface area contributed by atoms with E-state index in [4.69, 9.17) is 0 Å². The molecular weight excluding hydrogens is 375 g/mol. The fourth-order valence-corrected chi connectivity index (χ4v) is 3.61. The molecule has 0 radical (unpaired) electrons. The Hall–Kier alpha value is -3.32. The van der Waals surface area contributed by atoms with E-state index in [9.17, 15) is 9.18 Å². The summed E-state index contributed by atoms with van der Waals surface area (Å²) in [6.07, 6.45) is 3.92. The first kappa shape index (κ1) is 18.1. The Balaban J connectivity index is 1.38. The molecule has 0 aliphatic rings. The molecule has 28 heavy (non-hydrogen) atoms. The van der Waals surface area contributed by atoms with E-state index < -0.39 is 0 Å². The molecule has 2 aromatic heterocycles. The number of amides is 1. The maximum atomic E-state index is 13.4. The minimum Gasteiger partial charge on any atom is -0.352 e. The number of carbonyl (C=O) groups is 1. The molecule has 0 atom stereocenters. The Labute approximate surface area is 165 Å². The minimum absolute atomic E-state index is 0.144. The maximum absolute atomic E-state index is 13.4. The average Bonchev–Trinajstić information content (AvgIpc) is 3.29. The van der Waals surface area contributed by atoms with Crippen LogP contribution in [-0.4, -0.2) is 27.0 Å². The van der Waals surface area contributed by atoms with Crippen molar-refractivity contribution < 1.29 is 9.18 Å². The van der Waals surface area contributed by atoms with E-state index in [0.717, 1.165) is 16.2 Å². The molecule has 0 aliphatic carbocycles. The van der Waals surface area contributed by atoms with Crippen molar-refractivity contribution in [2.24, 2.45) is 0 Å². The van der Waals surface area contributed by atoms with E-state index in [1.165, 1.54) is 29.5 Å². The van der Waals surface area contributed by atoms with E-state index in [2.05, 4.69) is 15.4 Å². The van der Waals surface area contributed by atoms with Gasteiger partial charge < -0.3 is 5.32 Å². The van der Waals surface area contributed by atoms with E-state index in [0.29, 0.717) is 24.4 Å². The predicted molar refractivity (Wildman–Crippen MR) is 108 cm³/mol. The molecule has 0 aliphatic heterocycles. The summed E-state index contributed by atoms with van der Waals surface area (Å²) in [4.78, 5) is 17.2. The normalized spacial score (nSPS) is 11.3. The van der Waals surface area contributed by atoms with E-state index in [1.54, 1.807) is 22.7 Å². The average molecular weight is 392 g/mol. The molecule has 4 aromatic rings. The summed E-state index contributed by atoms with van der Waals surface area (Å²) in [5.74, 6) is 0.0268. The van der Waals surface area contributed by atoms with Gasteiger partial charge in [0, 0.05) is 30.0 Å². The van der Waals surface area contributed by atoms with Gasteiger partial charge in [0.15, 0.2) is 5.82 Å². The van der Waals surface area contributed by atoms with Gasteiger partial charge in [0.2, 0.25) is 10.9 Å². The molecule has 0 spiro atoms. The number of aromatic nitrogens is 3. The van der Waals surface area contributed by atoms with Crippen LogP contribution >= 0.6 is 11.3 Å². The minimum atomic E-state index is -0.317. The summed E-state index contributed by atoms with van der Waals surface area (Å²) >= 11 is 1.47. The summed E-state index contributed by atoms with van der Waals surface area (Å²) in [6.45, 7) is 0.485. The van der Waals surface area contributed by atoms with E-state index in [1.807, 2.05) is 35.7 Å². The van der Waals surface area contributed by atoms with Gasteiger partial charge in [0.25, 0.3) is 0 Å².